The van der Waals surface area contributed by atoms with Crippen molar-refractivity contribution in [1.29, 1.82) is 5.26 Å². The molecule has 1 rings (SSSR count). The number of nitriles is 1. The minimum Gasteiger partial charge on any atom is -0.369 e. The molecule has 19 heavy (non-hydrogen) atoms. The van der Waals surface area contributed by atoms with Crippen molar-refractivity contribution in [2.45, 2.75) is 24.8 Å². The molecule has 7 heteroatoms. The molecule has 1 aromatic carbocycles. The molecule has 0 atom stereocenters. The average molecular weight is 281 g/mol. The van der Waals surface area contributed by atoms with Crippen molar-refractivity contribution in [2.75, 3.05) is 6.54 Å². The van der Waals surface area contributed by atoms with Gasteiger partial charge in [-0.25, -0.2) is 8.42 Å². The summed E-state index contributed by atoms with van der Waals surface area (Å²) in [6.45, 7) is 2.85. The highest BCUT2D eigenvalue weighted by Gasteiger charge is 2.30. The quantitative estimate of drug-likeness (QED) is 0.845. The Morgan fingerprint density at radius 3 is 2.47 bits per heavy atom. The Balaban J connectivity index is 3.36. The van der Waals surface area contributed by atoms with Crippen molar-refractivity contribution in [3.8, 4) is 6.07 Å². The Hall–Kier alpha value is -1.91. The SMILES string of the molecule is CC(C)N(CC(N)=O)S(=O)(=O)c1ccccc1C#N. The first-order valence-electron chi connectivity index (χ1n) is 5.60. The average Bonchev–Trinajstić information content (AvgIpc) is 2.35. The fourth-order valence-electron chi connectivity index (χ4n) is 1.61. The summed E-state index contributed by atoms with van der Waals surface area (Å²) in [5.41, 5.74) is 5.11. The summed E-state index contributed by atoms with van der Waals surface area (Å²) < 4.78 is 25.9. The number of rotatable bonds is 5. The van der Waals surface area contributed by atoms with Crippen molar-refractivity contribution in [3.05, 3.63) is 29.8 Å². The van der Waals surface area contributed by atoms with E-state index in [4.69, 9.17) is 11.0 Å². The summed E-state index contributed by atoms with van der Waals surface area (Å²) in [7, 11) is -3.93. The Morgan fingerprint density at radius 2 is 2.00 bits per heavy atom. The molecule has 0 aliphatic carbocycles. The molecule has 0 radical (unpaired) electrons. The molecule has 0 heterocycles. The maximum atomic E-state index is 12.5. The van der Waals surface area contributed by atoms with Crippen molar-refractivity contribution in [1.82, 2.24) is 4.31 Å². The normalized spacial score (nSPS) is 11.5. The topological polar surface area (TPSA) is 104 Å². The fraction of sp³-hybridized carbons (Fsp3) is 0.333. The predicted molar refractivity (Wildman–Crippen MR) is 69.4 cm³/mol. The van der Waals surface area contributed by atoms with E-state index in [1.165, 1.54) is 18.2 Å². The standard InChI is InChI=1S/C12H15N3O3S/c1-9(2)15(8-12(14)16)19(17,18)11-6-4-3-5-10(11)7-13/h3-6,9H,8H2,1-2H3,(H2,14,16). The maximum Gasteiger partial charge on any atom is 0.245 e. The first kappa shape index (κ1) is 15.1. The molecule has 6 nitrogen and oxygen atoms in total. The second kappa shape index (κ2) is 5.82. The molecule has 102 valence electrons. The van der Waals surface area contributed by atoms with Crippen molar-refractivity contribution in [3.63, 3.8) is 0 Å². The molecule has 0 aromatic heterocycles. The van der Waals surface area contributed by atoms with E-state index >= 15 is 0 Å². The van der Waals surface area contributed by atoms with Crippen LogP contribution in [0.25, 0.3) is 0 Å². The predicted octanol–water partition coefficient (Wildman–Crippen LogP) is 0.443. The van der Waals surface area contributed by atoms with Crippen LogP contribution in [0.3, 0.4) is 0 Å². The molecule has 0 fully saturated rings. The van der Waals surface area contributed by atoms with Gasteiger partial charge in [-0.2, -0.15) is 9.57 Å². The molecular weight excluding hydrogens is 266 g/mol. The van der Waals surface area contributed by atoms with Crippen LogP contribution in [0.15, 0.2) is 29.2 Å². The third-order valence-corrected chi connectivity index (χ3v) is 4.56. The maximum absolute atomic E-state index is 12.5. The van der Waals surface area contributed by atoms with Crippen LogP contribution in [0.5, 0.6) is 0 Å². The highest BCUT2D eigenvalue weighted by atomic mass is 32.2. The van der Waals surface area contributed by atoms with Gasteiger partial charge >= 0.3 is 0 Å². The summed E-state index contributed by atoms with van der Waals surface area (Å²) in [5.74, 6) is -0.744. The smallest absolute Gasteiger partial charge is 0.245 e. The largest absolute Gasteiger partial charge is 0.369 e. The van der Waals surface area contributed by atoms with Gasteiger partial charge in [0, 0.05) is 6.04 Å². The van der Waals surface area contributed by atoms with Gasteiger partial charge in [-0.15, -0.1) is 0 Å². The first-order valence-corrected chi connectivity index (χ1v) is 7.04. The van der Waals surface area contributed by atoms with E-state index in [1.54, 1.807) is 19.9 Å². The highest BCUT2D eigenvalue weighted by Crippen LogP contribution is 2.21. The Kier molecular flexibility index (Phi) is 4.64. The van der Waals surface area contributed by atoms with Gasteiger partial charge in [-0.1, -0.05) is 12.1 Å². The lowest BCUT2D eigenvalue weighted by atomic mass is 10.2. The number of carbonyl (C=O) groups is 1. The van der Waals surface area contributed by atoms with Crippen LogP contribution in [0.1, 0.15) is 19.4 Å². The molecule has 0 saturated carbocycles. The van der Waals surface area contributed by atoms with Crippen LogP contribution in [0.4, 0.5) is 0 Å². The van der Waals surface area contributed by atoms with Gasteiger partial charge in [0.15, 0.2) is 0 Å². The van der Waals surface area contributed by atoms with Crippen LogP contribution in [-0.4, -0.2) is 31.2 Å². The molecule has 0 aliphatic heterocycles. The second-order valence-electron chi connectivity index (χ2n) is 4.22. The minimum absolute atomic E-state index is 0.0395. The summed E-state index contributed by atoms with van der Waals surface area (Å²) >= 11 is 0. The van der Waals surface area contributed by atoms with Crippen molar-refractivity contribution < 1.29 is 13.2 Å². The van der Waals surface area contributed by atoms with Crippen LogP contribution < -0.4 is 5.73 Å². The number of amides is 1. The number of carbonyl (C=O) groups excluding carboxylic acids is 1. The van der Waals surface area contributed by atoms with E-state index in [9.17, 15) is 13.2 Å². The minimum atomic E-state index is -3.93. The lowest BCUT2D eigenvalue weighted by Crippen LogP contribution is -2.42. The van der Waals surface area contributed by atoms with Crippen molar-refractivity contribution >= 4 is 15.9 Å². The molecule has 1 aromatic rings. The zero-order valence-electron chi connectivity index (χ0n) is 10.7. The number of primary amides is 1. The molecule has 0 saturated heterocycles. The Bertz CT molecular complexity index is 617. The van der Waals surface area contributed by atoms with Gasteiger partial charge in [-0.05, 0) is 26.0 Å². The third kappa shape index (κ3) is 3.30. The number of hydrogen-bond donors (Lipinski definition) is 1. The van der Waals surface area contributed by atoms with Crippen molar-refractivity contribution in [2.24, 2.45) is 5.73 Å². The molecule has 0 spiro atoms. The fourth-order valence-corrected chi connectivity index (χ4v) is 3.36. The first-order chi connectivity index (χ1) is 8.80. The summed E-state index contributed by atoms with van der Waals surface area (Å²) in [4.78, 5) is 10.9. The van der Waals surface area contributed by atoms with Gasteiger partial charge < -0.3 is 5.73 Å². The van der Waals surface area contributed by atoms with E-state index in [-0.39, 0.29) is 10.5 Å². The summed E-state index contributed by atoms with van der Waals surface area (Å²) in [6.07, 6.45) is 0. The number of nitrogens with two attached hydrogens (primary N) is 1. The van der Waals surface area contributed by atoms with Crippen LogP contribution in [-0.2, 0) is 14.8 Å². The summed E-state index contributed by atoms with van der Waals surface area (Å²) in [5, 5.41) is 8.96. The van der Waals surface area contributed by atoms with Gasteiger partial charge in [-0.3, -0.25) is 4.79 Å². The number of nitrogens with zero attached hydrogens (tertiary/aromatic N) is 2. The van der Waals surface area contributed by atoms with E-state index in [1.807, 2.05) is 6.07 Å². The zero-order valence-corrected chi connectivity index (χ0v) is 11.5. The second-order valence-corrected chi connectivity index (χ2v) is 6.08. The Morgan fingerprint density at radius 1 is 1.42 bits per heavy atom. The van der Waals surface area contributed by atoms with Gasteiger partial charge in [0.05, 0.1) is 17.0 Å². The van der Waals surface area contributed by atoms with Crippen LogP contribution in [0.2, 0.25) is 0 Å². The van der Waals surface area contributed by atoms with E-state index in [2.05, 4.69) is 0 Å². The number of sulfonamides is 1. The third-order valence-electron chi connectivity index (χ3n) is 2.48. The molecule has 1 amide bonds. The molecule has 0 bridgehead atoms. The van der Waals surface area contributed by atoms with Gasteiger partial charge in [0.25, 0.3) is 0 Å². The van der Waals surface area contributed by atoms with Gasteiger partial charge in [0.2, 0.25) is 15.9 Å². The molecule has 2 N–H and O–H groups in total. The highest BCUT2D eigenvalue weighted by molar-refractivity contribution is 7.89. The molecule has 0 aliphatic rings. The van der Waals surface area contributed by atoms with Crippen LogP contribution in [0, 0.1) is 11.3 Å². The number of hydrogen-bond acceptors (Lipinski definition) is 4. The lowest BCUT2D eigenvalue weighted by molar-refractivity contribution is -0.118. The molecule has 0 unspecified atom stereocenters. The summed E-state index contributed by atoms with van der Waals surface area (Å²) in [6, 6.07) is 7.24. The van der Waals surface area contributed by atoms with Crippen LogP contribution >= 0.6 is 0 Å². The van der Waals surface area contributed by atoms with E-state index in [0.717, 1.165) is 4.31 Å². The lowest BCUT2D eigenvalue weighted by Gasteiger charge is -2.24. The zero-order chi connectivity index (χ0) is 14.6. The van der Waals surface area contributed by atoms with E-state index in [0.29, 0.717) is 0 Å². The number of benzene rings is 1. The van der Waals surface area contributed by atoms with E-state index < -0.39 is 28.5 Å². The molecular formula is C12H15N3O3S. The Labute approximate surface area is 112 Å². The van der Waals surface area contributed by atoms with Gasteiger partial charge in [0.1, 0.15) is 6.07 Å². The monoisotopic (exact) mass is 281 g/mol.